The van der Waals surface area contributed by atoms with Gasteiger partial charge in [0.2, 0.25) is 0 Å². The van der Waals surface area contributed by atoms with Crippen molar-refractivity contribution in [1.29, 1.82) is 0 Å². The number of thioether (sulfide) groups is 1. The first-order valence-electron chi connectivity index (χ1n) is 12.0. The molecule has 2 amide bonds. The lowest BCUT2D eigenvalue weighted by atomic mass is 10.0. The Kier molecular flexibility index (Phi) is 7.93. The van der Waals surface area contributed by atoms with Crippen LogP contribution in [0.2, 0.25) is 10.0 Å². The fourth-order valence-corrected chi connectivity index (χ4v) is 5.49. The number of benzene rings is 4. The highest BCUT2D eigenvalue weighted by Crippen LogP contribution is 2.36. The number of amides is 2. The third kappa shape index (κ3) is 5.68. The van der Waals surface area contributed by atoms with Crippen LogP contribution in [0.25, 0.3) is 16.8 Å². The number of hydrogen-bond donors (Lipinski definition) is 0. The normalized spacial score (nSPS) is 14.5. The molecule has 5 rings (SSSR count). The molecule has 192 valence electrons. The summed E-state index contributed by atoms with van der Waals surface area (Å²) in [6, 6.07) is 24.5. The standard InChI is InChI=1S/C30H23Cl2NO4S/c1-2-36-27-14-19(10-13-26(27)37-18-22-11-12-23(31)16-25(22)32)15-28-29(34)33(30(35)38-28)17-21-8-5-7-20-6-3-4-9-24(20)21/h3-16H,2,17-18H2,1H3/b28-15-. The van der Waals surface area contributed by atoms with Crippen LogP contribution >= 0.6 is 35.0 Å². The van der Waals surface area contributed by atoms with E-state index in [4.69, 9.17) is 32.7 Å². The summed E-state index contributed by atoms with van der Waals surface area (Å²) in [7, 11) is 0. The van der Waals surface area contributed by atoms with E-state index in [9.17, 15) is 9.59 Å². The summed E-state index contributed by atoms with van der Waals surface area (Å²) >= 11 is 13.2. The Balaban J connectivity index is 1.35. The van der Waals surface area contributed by atoms with Crippen molar-refractivity contribution in [2.75, 3.05) is 6.61 Å². The second-order valence-corrected chi connectivity index (χ2v) is 10.4. The molecule has 0 atom stereocenters. The Morgan fingerprint density at radius 2 is 1.68 bits per heavy atom. The Bertz CT molecular complexity index is 1560. The lowest BCUT2D eigenvalue weighted by Gasteiger charge is -2.14. The molecule has 0 bridgehead atoms. The SMILES string of the molecule is CCOc1cc(/C=C2\SC(=O)N(Cc3cccc4ccccc34)C2=O)ccc1OCc1ccc(Cl)cc1Cl. The third-order valence-corrected chi connectivity index (χ3v) is 7.54. The summed E-state index contributed by atoms with van der Waals surface area (Å²) in [6.45, 7) is 2.77. The zero-order valence-electron chi connectivity index (χ0n) is 20.4. The number of carbonyl (C=O) groups is 2. The smallest absolute Gasteiger partial charge is 0.293 e. The summed E-state index contributed by atoms with van der Waals surface area (Å²) in [5, 5.41) is 2.87. The van der Waals surface area contributed by atoms with Gasteiger partial charge >= 0.3 is 0 Å². The van der Waals surface area contributed by atoms with E-state index in [1.807, 2.05) is 61.5 Å². The van der Waals surface area contributed by atoms with Crippen molar-refractivity contribution in [3.05, 3.63) is 111 Å². The van der Waals surface area contributed by atoms with Crippen LogP contribution < -0.4 is 9.47 Å². The van der Waals surface area contributed by atoms with E-state index in [1.54, 1.807) is 30.3 Å². The predicted molar refractivity (Wildman–Crippen MR) is 154 cm³/mol. The van der Waals surface area contributed by atoms with Crippen LogP contribution in [0.3, 0.4) is 0 Å². The molecule has 0 saturated carbocycles. The zero-order chi connectivity index (χ0) is 26.6. The zero-order valence-corrected chi connectivity index (χ0v) is 22.8. The van der Waals surface area contributed by atoms with E-state index in [1.165, 1.54) is 4.90 Å². The van der Waals surface area contributed by atoms with Gasteiger partial charge in [-0.1, -0.05) is 77.8 Å². The van der Waals surface area contributed by atoms with E-state index in [0.717, 1.165) is 39.2 Å². The van der Waals surface area contributed by atoms with Gasteiger partial charge < -0.3 is 9.47 Å². The van der Waals surface area contributed by atoms with Crippen LogP contribution in [0, 0.1) is 0 Å². The molecule has 5 nitrogen and oxygen atoms in total. The largest absolute Gasteiger partial charge is 0.490 e. The molecule has 0 N–H and O–H groups in total. The number of hydrogen-bond acceptors (Lipinski definition) is 5. The second kappa shape index (κ2) is 11.5. The summed E-state index contributed by atoms with van der Waals surface area (Å²) in [6.07, 6.45) is 1.70. The minimum Gasteiger partial charge on any atom is -0.490 e. The quantitative estimate of drug-likeness (QED) is 0.201. The van der Waals surface area contributed by atoms with Gasteiger partial charge in [-0.05, 0) is 70.9 Å². The summed E-state index contributed by atoms with van der Waals surface area (Å²) in [5.74, 6) is 0.754. The molecular formula is C30H23Cl2NO4S. The van der Waals surface area contributed by atoms with Gasteiger partial charge in [0.1, 0.15) is 6.61 Å². The van der Waals surface area contributed by atoms with Crippen LogP contribution in [0.15, 0.2) is 83.8 Å². The molecule has 0 spiro atoms. The molecule has 1 saturated heterocycles. The molecule has 1 aliphatic heterocycles. The first kappa shape index (κ1) is 26.2. The Hall–Kier alpha value is -3.45. The molecule has 1 heterocycles. The van der Waals surface area contributed by atoms with E-state index in [2.05, 4.69) is 0 Å². The van der Waals surface area contributed by atoms with Gasteiger partial charge in [0.15, 0.2) is 11.5 Å². The van der Waals surface area contributed by atoms with Crippen molar-refractivity contribution in [1.82, 2.24) is 4.90 Å². The van der Waals surface area contributed by atoms with Crippen molar-refractivity contribution < 1.29 is 19.1 Å². The second-order valence-electron chi connectivity index (χ2n) is 8.57. The van der Waals surface area contributed by atoms with Gasteiger partial charge in [-0.2, -0.15) is 0 Å². The molecule has 1 fully saturated rings. The molecule has 0 radical (unpaired) electrons. The topological polar surface area (TPSA) is 55.8 Å². The van der Waals surface area contributed by atoms with Gasteiger partial charge in [-0.3, -0.25) is 14.5 Å². The van der Waals surface area contributed by atoms with Crippen molar-refractivity contribution in [2.45, 2.75) is 20.1 Å². The lowest BCUT2D eigenvalue weighted by Crippen LogP contribution is -2.27. The first-order valence-corrected chi connectivity index (χ1v) is 13.6. The van der Waals surface area contributed by atoms with Crippen LogP contribution in [-0.4, -0.2) is 22.7 Å². The molecular weight excluding hydrogens is 541 g/mol. The molecule has 38 heavy (non-hydrogen) atoms. The van der Waals surface area contributed by atoms with E-state index in [0.29, 0.717) is 33.1 Å². The summed E-state index contributed by atoms with van der Waals surface area (Å²) in [5.41, 5.74) is 2.44. The number of nitrogens with zero attached hydrogens (tertiary/aromatic N) is 1. The van der Waals surface area contributed by atoms with Gasteiger partial charge in [0.05, 0.1) is 18.1 Å². The van der Waals surface area contributed by atoms with Gasteiger partial charge in [-0.25, -0.2) is 0 Å². The summed E-state index contributed by atoms with van der Waals surface area (Å²) < 4.78 is 11.8. The number of fused-ring (bicyclic) bond motifs is 1. The van der Waals surface area contributed by atoms with Crippen molar-refractivity contribution in [2.24, 2.45) is 0 Å². The van der Waals surface area contributed by atoms with Crippen molar-refractivity contribution in [3.63, 3.8) is 0 Å². The molecule has 0 aromatic heterocycles. The minimum atomic E-state index is -0.316. The third-order valence-electron chi connectivity index (χ3n) is 6.05. The number of carbonyl (C=O) groups excluding carboxylic acids is 2. The Morgan fingerprint density at radius 1 is 0.868 bits per heavy atom. The van der Waals surface area contributed by atoms with Crippen LogP contribution in [0.1, 0.15) is 23.6 Å². The van der Waals surface area contributed by atoms with Gasteiger partial charge in [0, 0.05) is 15.6 Å². The molecule has 1 aliphatic rings. The van der Waals surface area contributed by atoms with E-state index < -0.39 is 0 Å². The molecule has 4 aromatic carbocycles. The average molecular weight is 564 g/mol. The maximum atomic E-state index is 13.2. The highest BCUT2D eigenvalue weighted by atomic mass is 35.5. The Morgan fingerprint density at radius 3 is 2.50 bits per heavy atom. The average Bonchev–Trinajstić information content (AvgIpc) is 3.16. The maximum Gasteiger partial charge on any atom is 0.293 e. The monoisotopic (exact) mass is 563 g/mol. The predicted octanol–water partition coefficient (Wildman–Crippen LogP) is 8.36. The van der Waals surface area contributed by atoms with Crippen molar-refractivity contribution in [3.8, 4) is 11.5 Å². The van der Waals surface area contributed by atoms with Crippen molar-refractivity contribution >= 4 is 63.0 Å². The molecule has 0 aliphatic carbocycles. The van der Waals surface area contributed by atoms with Gasteiger partial charge in [0.25, 0.3) is 11.1 Å². The van der Waals surface area contributed by atoms with Crippen LogP contribution in [0.4, 0.5) is 4.79 Å². The molecule has 8 heteroatoms. The minimum absolute atomic E-state index is 0.216. The number of imide groups is 1. The lowest BCUT2D eigenvalue weighted by molar-refractivity contribution is -0.123. The van der Waals surface area contributed by atoms with E-state index >= 15 is 0 Å². The fourth-order valence-electron chi connectivity index (χ4n) is 4.18. The van der Waals surface area contributed by atoms with E-state index in [-0.39, 0.29) is 24.3 Å². The first-order chi connectivity index (χ1) is 18.4. The van der Waals surface area contributed by atoms with Gasteiger partial charge in [-0.15, -0.1) is 0 Å². The van der Waals surface area contributed by atoms with Crippen LogP contribution in [-0.2, 0) is 17.9 Å². The maximum absolute atomic E-state index is 13.2. The highest BCUT2D eigenvalue weighted by molar-refractivity contribution is 8.18. The number of ether oxygens (including phenoxy) is 2. The number of rotatable bonds is 8. The molecule has 4 aromatic rings. The molecule has 0 unspecified atom stereocenters. The number of halogens is 2. The highest BCUT2D eigenvalue weighted by Gasteiger charge is 2.35. The fraction of sp³-hybridized carbons (Fsp3) is 0.133. The Labute approximate surface area is 234 Å². The van der Waals surface area contributed by atoms with Crippen LogP contribution in [0.5, 0.6) is 11.5 Å². The summed E-state index contributed by atoms with van der Waals surface area (Å²) in [4.78, 5) is 27.6.